The molecule has 2 aromatic heterocycles. The Balaban J connectivity index is 1.65. The maximum absolute atomic E-state index is 5.62. The lowest BCUT2D eigenvalue weighted by atomic mass is 10.2. The first-order chi connectivity index (χ1) is 10.2. The van der Waals surface area contributed by atoms with E-state index in [4.69, 9.17) is 4.42 Å². The third-order valence-corrected chi connectivity index (χ3v) is 4.85. The lowest BCUT2D eigenvalue weighted by molar-refractivity contribution is 0.192. The van der Waals surface area contributed by atoms with Crippen molar-refractivity contribution >= 4 is 11.3 Å². The number of thiophene rings is 1. The van der Waals surface area contributed by atoms with Gasteiger partial charge < -0.3 is 9.73 Å². The predicted octanol–water partition coefficient (Wildman–Crippen LogP) is 3.37. The van der Waals surface area contributed by atoms with Crippen molar-refractivity contribution in [3.05, 3.63) is 29.5 Å². The van der Waals surface area contributed by atoms with Gasteiger partial charge in [0.05, 0.1) is 10.6 Å². The topological polar surface area (TPSA) is 41.3 Å². The van der Waals surface area contributed by atoms with E-state index in [1.54, 1.807) is 17.6 Å². The van der Waals surface area contributed by atoms with E-state index in [0.29, 0.717) is 12.1 Å². The minimum absolute atomic E-state index is 0.509. The summed E-state index contributed by atoms with van der Waals surface area (Å²) in [6.45, 7) is 7.58. The average Bonchev–Trinajstić information content (AvgIpc) is 3.20. The summed E-state index contributed by atoms with van der Waals surface area (Å²) in [5.41, 5.74) is 1.02. The number of rotatable bonds is 6. The van der Waals surface area contributed by atoms with Crippen molar-refractivity contribution in [2.45, 2.75) is 45.3 Å². The molecule has 3 rings (SSSR count). The third-order valence-electron chi connectivity index (χ3n) is 4.00. The zero-order valence-electron chi connectivity index (χ0n) is 12.7. The van der Waals surface area contributed by atoms with Crippen LogP contribution >= 0.6 is 11.3 Å². The number of oxazole rings is 1. The highest BCUT2D eigenvalue weighted by molar-refractivity contribution is 7.13. The molecule has 1 atom stereocenters. The van der Waals surface area contributed by atoms with Crippen molar-refractivity contribution in [2.24, 2.45) is 0 Å². The lowest BCUT2D eigenvalue weighted by Gasteiger charge is -2.28. The van der Waals surface area contributed by atoms with Gasteiger partial charge in [0.2, 0.25) is 5.89 Å². The molecule has 0 spiro atoms. The van der Waals surface area contributed by atoms with Crippen LogP contribution in [0.15, 0.2) is 28.2 Å². The molecule has 1 N–H and O–H groups in total. The Bertz CT molecular complexity index is 544. The Kier molecular flexibility index (Phi) is 4.73. The van der Waals surface area contributed by atoms with Crippen LogP contribution in [0.4, 0.5) is 0 Å². The summed E-state index contributed by atoms with van der Waals surface area (Å²) in [5.74, 6) is 0.739. The quantitative estimate of drug-likeness (QED) is 0.888. The summed E-state index contributed by atoms with van der Waals surface area (Å²) >= 11 is 1.66. The first-order valence-corrected chi connectivity index (χ1v) is 8.56. The second-order valence-electron chi connectivity index (χ2n) is 5.94. The molecule has 1 unspecified atom stereocenters. The van der Waals surface area contributed by atoms with E-state index in [2.05, 4.69) is 29.0 Å². The van der Waals surface area contributed by atoms with Gasteiger partial charge in [0.25, 0.3) is 0 Å². The highest BCUT2D eigenvalue weighted by atomic mass is 32.1. The molecule has 0 aliphatic carbocycles. The SMILES string of the molecule is CC(C)N(Cc1coc(-c2cccs2)n1)CC1CCCN1. The van der Waals surface area contributed by atoms with Crippen molar-refractivity contribution in [3.8, 4) is 10.8 Å². The van der Waals surface area contributed by atoms with Crippen LogP contribution in [0.2, 0.25) is 0 Å². The first-order valence-electron chi connectivity index (χ1n) is 7.68. The maximum atomic E-state index is 5.62. The van der Waals surface area contributed by atoms with E-state index < -0.39 is 0 Å². The largest absolute Gasteiger partial charge is 0.444 e. The van der Waals surface area contributed by atoms with E-state index in [1.165, 1.54) is 12.8 Å². The van der Waals surface area contributed by atoms with Crippen molar-refractivity contribution in [3.63, 3.8) is 0 Å². The van der Waals surface area contributed by atoms with E-state index in [-0.39, 0.29) is 0 Å². The number of hydrogen-bond donors (Lipinski definition) is 1. The van der Waals surface area contributed by atoms with E-state index in [0.717, 1.165) is 36.1 Å². The van der Waals surface area contributed by atoms with E-state index >= 15 is 0 Å². The molecule has 0 aromatic carbocycles. The molecule has 1 aliphatic heterocycles. The number of hydrogen-bond acceptors (Lipinski definition) is 5. The minimum atomic E-state index is 0.509. The predicted molar refractivity (Wildman–Crippen MR) is 86.4 cm³/mol. The molecule has 5 heteroatoms. The average molecular weight is 305 g/mol. The molecule has 0 saturated carbocycles. The molecule has 4 nitrogen and oxygen atoms in total. The summed E-state index contributed by atoms with van der Waals surface area (Å²) in [6, 6.07) is 5.20. The number of nitrogens with one attached hydrogen (secondary N) is 1. The Morgan fingerprint density at radius 3 is 3.10 bits per heavy atom. The molecule has 1 aliphatic rings. The molecule has 3 heterocycles. The normalized spacial score (nSPS) is 19.0. The Morgan fingerprint density at radius 2 is 2.43 bits per heavy atom. The molecule has 114 valence electrons. The molecule has 1 fully saturated rings. The van der Waals surface area contributed by atoms with Gasteiger partial charge in [0.1, 0.15) is 6.26 Å². The first kappa shape index (κ1) is 14.8. The van der Waals surface area contributed by atoms with Gasteiger partial charge in [-0.2, -0.15) is 0 Å². The van der Waals surface area contributed by atoms with Crippen molar-refractivity contribution < 1.29 is 4.42 Å². The number of nitrogens with zero attached hydrogens (tertiary/aromatic N) is 2. The van der Waals surface area contributed by atoms with Gasteiger partial charge in [0.15, 0.2) is 0 Å². The van der Waals surface area contributed by atoms with Gasteiger partial charge in [-0.15, -0.1) is 11.3 Å². The fourth-order valence-electron chi connectivity index (χ4n) is 2.75. The standard InChI is InChI=1S/C16H23N3OS/c1-12(2)19(9-13-5-3-7-17-13)10-14-11-20-16(18-14)15-6-4-8-21-15/h4,6,8,11-13,17H,3,5,7,9-10H2,1-2H3. The fourth-order valence-corrected chi connectivity index (χ4v) is 3.41. The summed E-state index contributed by atoms with van der Waals surface area (Å²) in [6.07, 6.45) is 4.37. The van der Waals surface area contributed by atoms with Gasteiger partial charge >= 0.3 is 0 Å². The van der Waals surface area contributed by atoms with Gasteiger partial charge in [0, 0.05) is 25.2 Å². The monoisotopic (exact) mass is 305 g/mol. The highest BCUT2D eigenvalue weighted by Crippen LogP contribution is 2.24. The number of aromatic nitrogens is 1. The van der Waals surface area contributed by atoms with Crippen LogP contribution in [0.1, 0.15) is 32.4 Å². The summed E-state index contributed by atoms with van der Waals surface area (Å²) in [7, 11) is 0. The molecule has 1 saturated heterocycles. The molecule has 0 radical (unpaired) electrons. The van der Waals surface area contributed by atoms with Gasteiger partial charge in [-0.3, -0.25) is 4.90 Å². The second-order valence-corrected chi connectivity index (χ2v) is 6.89. The van der Waals surface area contributed by atoms with Gasteiger partial charge in [-0.05, 0) is 44.7 Å². The summed E-state index contributed by atoms with van der Waals surface area (Å²) in [5, 5.41) is 5.62. The molecule has 0 bridgehead atoms. The Labute approximate surface area is 130 Å². The molecule has 21 heavy (non-hydrogen) atoms. The van der Waals surface area contributed by atoms with Crippen molar-refractivity contribution in [2.75, 3.05) is 13.1 Å². The van der Waals surface area contributed by atoms with Crippen LogP contribution in [0.5, 0.6) is 0 Å². The van der Waals surface area contributed by atoms with Crippen LogP contribution in [-0.4, -0.2) is 35.1 Å². The summed E-state index contributed by atoms with van der Waals surface area (Å²) < 4.78 is 5.62. The molecular weight excluding hydrogens is 282 g/mol. The van der Waals surface area contributed by atoms with Crippen LogP contribution in [0.25, 0.3) is 10.8 Å². The highest BCUT2D eigenvalue weighted by Gasteiger charge is 2.21. The minimum Gasteiger partial charge on any atom is -0.444 e. The fraction of sp³-hybridized carbons (Fsp3) is 0.562. The van der Waals surface area contributed by atoms with Crippen LogP contribution in [-0.2, 0) is 6.54 Å². The summed E-state index contributed by atoms with van der Waals surface area (Å²) in [4.78, 5) is 8.19. The smallest absolute Gasteiger partial charge is 0.236 e. The van der Waals surface area contributed by atoms with Crippen molar-refractivity contribution in [1.29, 1.82) is 0 Å². The zero-order chi connectivity index (χ0) is 14.7. The van der Waals surface area contributed by atoms with Crippen LogP contribution in [0.3, 0.4) is 0 Å². The Hall–Kier alpha value is -1.17. The third kappa shape index (κ3) is 3.73. The molecule has 0 amide bonds. The van der Waals surface area contributed by atoms with Gasteiger partial charge in [-0.25, -0.2) is 4.98 Å². The zero-order valence-corrected chi connectivity index (χ0v) is 13.5. The van der Waals surface area contributed by atoms with E-state index in [1.807, 2.05) is 17.5 Å². The van der Waals surface area contributed by atoms with Crippen molar-refractivity contribution in [1.82, 2.24) is 15.2 Å². The maximum Gasteiger partial charge on any atom is 0.236 e. The van der Waals surface area contributed by atoms with Gasteiger partial charge in [-0.1, -0.05) is 6.07 Å². The molecular formula is C16H23N3OS. The molecule has 2 aromatic rings. The van der Waals surface area contributed by atoms with Crippen LogP contribution < -0.4 is 5.32 Å². The lowest BCUT2D eigenvalue weighted by Crippen LogP contribution is -2.40. The second kappa shape index (κ2) is 6.73. The Morgan fingerprint density at radius 1 is 1.52 bits per heavy atom. The van der Waals surface area contributed by atoms with E-state index in [9.17, 15) is 0 Å². The van der Waals surface area contributed by atoms with Crippen LogP contribution in [0, 0.1) is 0 Å².